The van der Waals surface area contributed by atoms with Crippen molar-refractivity contribution in [1.29, 1.82) is 0 Å². The van der Waals surface area contributed by atoms with Crippen LogP contribution < -0.4 is 11.5 Å². The molecule has 39 heavy (non-hydrogen) atoms. The van der Waals surface area contributed by atoms with Gasteiger partial charge in [-0.2, -0.15) is 0 Å². The molecule has 4 amide bonds. The van der Waals surface area contributed by atoms with Crippen molar-refractivity contribution >= 4 is 81.6 Å². The molecule has 0 unspecified atom stereocenters. The molecule has 0 bridgehead atoms. The van der Waals surface area contributed by atoms with Gasteiger partial charge in [-0.05, 0) is 99.1 Å². The number of unbranched alkanes of at least 4 members (excludes halogenated alkanes) is 4. The Morgan fingerprint density at radius 1 is 0.564 bits per heavy atom. The molecule has 1 aliphatic heterocycles. The summed E-state index contributed by atoms with van der Waals surface area (Å²) in [4.78, 5) is 44.9. The van der Waals surface area contributed by atoms with Gasteiger partial charge >= 0.3 is 6.03 Å². The zero-order valence-corrected chi connectivity index (χ0v) is 28.1. The maximum absolute atomic E-state index is 14.4. The highest BCUT2D eigenvalue weighted by atomic mass is 79.9. The Labute approximate surface area is 263 Å². The van der Waals surface area contributed by atoms with Gasteiger partial charge in [0.1, 0.15) is 5.41 Å². The Bertz CT molecular complexity index is 1060. The van der Waals surface area contributed by atoms with Gasteiger partial charge in [-0.15, -0.1) is 0 Å². The largest absolute Gasteiger partial charge is 0.333 e. The van der Waals surface area contributed by atoms with Gasteiger partial charge in [0.25, 0.3) is 0 Å². The van der Waals surface area contributed by atoms with Crippen LogP contribution in [0.5, 0.6) is 0 Å². The molecule has 2 aromatic rings. The summed E-state index contributed by atoms with van der Waals surface area (Å²) >= 11 is 14.1. The molecule has 1 saturated heterocycles. The molecule has 0 radical (unpaired) electrons. The number of carbonyl (C=O) groups excluding carboxylic acids is 3. The zero-order chi connectivity index (χ0) is 28.6. The molecule has 1 heterocycles. The van der Waals surface area contributed by atoms with Crippen molar-refractivity contribution in [2.45, 2.75) is 51.4 Å². The molecule has 0 saturated carbocycles. The number of imide groups is 2. The zero-order valence-electron chi connectivity index (χ0n) is 21.7. The third kappa shape index (κ3) is 8.45. The van der Waals surface area contributed by atoms with Gasteiger partial charge in [0.15, 0.2) is 0 Å². The third-order valence-corrected chi connectivity index (χ3v) is 8.63. The van der Waals surface area contributed by atoms with E-state index < -0.39 is 23.3 Å². The maximum atomic E-state index is 14.4. The predicted octanol–water partition coefficient (Wildman–Crippen LogP) is 6.56. The molecule has 0 aromatic heterocycles. The number of nitrogens with zero attached hydrogens (tertiary/aromatic N) is 2. The molecule has 4 N–H and O–H groups in total. The lowest BCUT2D eigenvalue weighted by Gasteiger charge is -2.44. The van der Waals surface area contributed by atoms with Crippen LogP contribution in [0.15, 0.2) is 54.3 Å². The normalized spacial score (nSPS) is 15.4. The molecule has 11 heteroatoms. The number of barbiturate groups is 1. The van der Waals surface area contributed by atoms with Gasteiger partial charge in [-0.1, -0.05) is 76.6 Å². The third-order valence-electron chi connectivity index (χ3n) is 6.80. The minimum atomic E-state index is -1.49. The average Bonchev–Trinajstić information content (AvgIpc) is 2.85. The van der Waals surface area contributed by atoms with Crippen molar-refractivity contribution in [1.82, 2.24) is 9.80 Å². The van der Waals surface area contributed by atoms with E-state index >= 15 is 0 Å². The highest BCUT2D eigenvalue weighted by molar-refractivity contribution is 9.11. The molecule has 2 aromatic carbocycles. The van der Waals surface area contributed by atoms with E-state index in [4.69, 9.17) is 11.5 Å². The van der Waals surface area contributed by atoms with Crippen molar-refractivity contribution < 1.29 is 14.4 Å². The lowest BCUT2D eigenvalue weighted by atomic mass is 9.72. The monoisotopic (exact) mass is 790 g/mol. The van der Waals surface area contributed by atoms with E-state index in [0.717, 1.165) is 54.7 Å². The number of hydrogen-bond donors (Lipinski definition) is 2. The highest BCUT2D eigenvalue weighted by Crippen LogP contribution is 2.39. The Balaban J connectivity index is 2.11. The van der Waals surface area contributed by atoms with E-state index in [1.165, 1.54) is 9.80 Å². The fourth-order valence-electron chi connectivity index (χ4n) is 4.99. The first-order valence-corrected chi connectivity index (χ1v) is 16.3. The van der Waals surface area contributed by atoms with Crippen molar-refractivity contribution in [2.24, 2.45) is 16.9 Å². The van der Waals surface area contributed by atoms with Crippen LogP contribution in [0.1, 0.15) is 49.7 Å². The Kier molecular flexibility index (Phi) is 12.6. The van der Waals surface area contributed by atoms with Gasteiger partial charge in [-0.3, -0.25) is 19.4 Å². The summed E-state index contributed by atoms with van der Waals surface area (Å²) in [7, 11) is 0. The lowest BCUT2D eigenvalue weighted by Crippen LogP contribution is -2.66. The van der Waals surface area contributed by atoms with Crippen LogP contribution in [-0.4, -0.2) is 53.8 Å². The molecule has 1 fully saturated rings. The van der Waals surface area contributed by atoms with E-state index in [1.807, 2.05) is 36.4 Å². The van der Waals surface area contributed by atoms with Crippen molar-refractivity contribution in [3.63, 3.8) is 0 Å². The van der Waals surface area contributed by atoms with Crippen molar-refractivity contribution in [3.8, 4) is 0 Å². The molecular formula is C28H34Br4N4O3. The quantitative estimate of drug-likeness (QED) is 0.167. The number of halogens is 4. The van der Waals surface area contributed by atoms with Gasteiger partial charge in [0, 0.05) is 31.0 Å². The Morgan fingerprint density at radius 3 is 1.26 bits per heavy atom. The van der Waals surface area contributed by atoms with Gasteiger partial charge in [0.2, 0.25) is 11.8 Å². The van der Waals surface area contributed by atoms with Gasteiger partial charge in [0.05, 0.1) is 0 Å². The lowest BCUT2D eigenvalue weighted by molar-refractivity contribution is -0.159. The average molecular weight is 794 g/mol. The molecule has 1 aliphatic rings. The van der Waals surface area contributed by atoms with Crippen LogP contribution in [0.4, 0.5) is 4.79 Å². The van der Waals surface area contributed by atoms with Crippen LogP contribution >= 0.6 is 63.7 Å². The van der Waals surface area contributed by atoms with Crippen molar-refractivity contribution in [3.05, 3.63) is 65.4 Å². The minimum Gasteiger partial charge on any atom is -0.330 e. The summed E-state index contributed by atoms with van der Waals surface area (Å²) in [6.07, 6.45) is 4.76. The number of nitrogens with two attached hydrogens (primary N) is 2. The molecule has 3 rings (SSSR count). The minimum absolute atomic E-state index is 0.152. The highest BCUT2D eigenvalue weighted by Gasteiger charge is 2.56. The van der Waals surface area contributed by atoms with E-state index in [2.05, 4.69) is 63.7 Å². The van der Waals surface area contributed by atoms with Crippen molar-refractivity contribution in [2.75, 3.05) is 26.2 Å². The first kappa shape index (κ1) is 32.4. The molecule has 7 nitrogen and oxygen atoms in total. The molecule has 0 spiro atoms. The first-order valence-electron chi connectivity index (χ1n) is 13.1. The molecular weight excluding hydrogens is 760 g/mol. The summed E-state index contributed by atoms with van der Waals surface area (Å²) < 4.78 is 3.32. The van der Waals surface area contributed by atoms with Gasteiger partial charge < -0.3 is 11.5 Å². The fraction of sp³-hybridized carbons (Fsp3) is 0.464. The molecule has 0 atom stereocenters. The fourth-order valence-corrected chi connectivity index (χ4v) is 7.77. The number of carbonyl (C=O) groups is 3. The van der Waals surface area contributed by atoms with E-state index in [-0.39, 0.29) is 25.9 Å². The standard InChI is InChI=1S/C28H34Br4N4O3/c29-21-11-19(12-22(30)15-21)17-28(18-20-13-23(31)16-24(32)14-20)25(37)35(9-5-1-3-7-33)27(39)36(26(28)38)10-6-2-4-8-34/h11-16H,1-10,17-18,33-34H2. The summed E-state index contributed by atoms with van der Waals surface area (Å²) in [5.74, 6) is -0.897. The number of urea groups is 1. The Hall–Kier alpha value is -1.11. The summed E-state index contributed by atoms with van der Waals surface area (Å²) in [5.41, 5.74) is 11.5. The predicted molar refractivity (Wildman–Crippen MR) is 168 cm³/mol. The number of rotatable bonds is 14. The van der Waals surface area contributed by atoms with Crippen LogP contribution in [0.2, 0.25) is 0 Å². The van der Waals surface area contributed by atoms with Gasteiger partial charge in [-0.25, -0.2) is 4.79 Å². The number of amides is 4. The first-order chi connectivity index (χ1) is 18.6. The van der Waals surface area contributed by atoms with Crippen LogP contribution in [0.3, 0.4) is 0 Å². The summed E-state index contributed by atoms with van der Waals surface area (Å²) in [6.45, 7) is 1.59. The number of benzene rings is 2. The summed E-state index contributed by atoms with van der Waals surface area (Å²) in [6, 6.07) is 10.9. The second-order valence-electron chi connectivity index (χ2n) is 9.89. The Morgan fingerprint density at radius 2 is 0.923 bits per heavy atom. The SMILES string of the molecule is NCCCCCN1C(=O)N(CCCCCN)C(=O)C(Cc2cc(Br)cc(Br)c2)(Cc2cc(Br)cc(Br)c2)C1=O. The van der Waals surface area contributed by atoms with E-state index in [0.29, 0.717) is 25.9 Å². The smallest absolute Gasteiger partial charge is 0.330 e. The van der Waals surface area contributed by atoms with E-state index in [1.54, 1.807) is 0 Å². The maximum Gasteiger partial charge on any atom is 0.333 e. The van der Waals surface area contributed by atoms with Crippen LogP contribution in [0, 0.1) is 5.41 Å². The molecule has 212 valence electrons. The second-order valence-corrected chi connectivity index (χ2v) is 13.5. The second kappa shape index (κ2) is 15.2. The summed E-state index contributed by atoms with van der Waals surface area (Å²) in [5, 5.41) is 0. The molecule has 0 aliphatic carbocycles. The van der Waals surface area contributed by atoms with Crippen LogP contribution in [-0.2, 0) is 22.4 Å². The number of hydrogen-bond acceptors (Lipinski definition) is 5. The van der Waals surface area contributed by atoms with Crippen LogP contribution in [0.25, 0.3) is 0 Å². The van der Waals surface area contributed by atoms with E-state index in [9.17, 15) is 14.4 Å². The topological polar surface area (TPSA) is 110 Å².